The molecule has 1 fully saturated rings. The summed E-state index contributed by atoms with van der Waals surface area (Å²) in [6, 6.07) is 10.8. The lowest BCUT2D eigenvalue weighted by atomic mass is 9.89. The molecular weight excluding hydrogens is 413 g/mol. The molecule has 24 heavy (non-hydrogen) atoms. The predicted octanol–water partition coefficient (Wildman–Crippen LogP) is 3.56. The molecule has 0 aromatic heterocycles. The Labute approximate surface area is 163 Å². The van der Waals surface area contributed by atoms with E-state index in [4.69, 9.17) is 4.74 Å². The highest BCUT2D eigenvalue weighted by Crippen LogP contribution is 2.47. The average Bonchev–Trinajstić information content (AvgIpc) is 3.31. The second-order valence-corrected chi connectivity index (χ2v) is 7.54. The molecule has 1 aromatic carbocycles. The molecule has 0 aliphatic heterocycles. The first-order chi connectivity index (χ1) is 10.9. The molecule has 0 radical (unpaired) electrons. The van der Waals surface area contributed by atoms with Gasteiger partial charge in [-0.15, -0.1) is 24.0 Å². The highest BCUT2D eigenvalue weighted by molar-refractivity contribution is 14.0. The topological polar surface area (TPSA) is 45.7 Å². The first kappa shape index (κ1) is 21.2. The van der Waals surface area contributed by atoms with E-state index < -0.39 is 0 Å². The third kappa shape index (κ3) is 5.62. The summed E-state index contributed by atoms with van der Waals surface area (Å²) in [5, 5.41) is 6.88. The monoisotopic (exact) mass is 445 g/mol. The molecule has 5 heteroatoms. The number of methoxy groups -OCH3 is 1. The molecule has 0 saturated heterocycles. The summed E-state index contributed by atoms with van der Waals surface area (Å²) >= 11 is 0. The number of hydrogen-bond acceptors (Lipinski definition) is 2. The fraction of sp³-hybridized carbons (Fsp3) is 0.632. The number of nitrogens with zero attached hydrogens (tertiary/aromatic N) is 1. The standard InChI is InChI=1S/C19H31N3O.HI/c1-18(2,3)16(23-5)13-21-17(20-4)22-14-19(11-12-19)15-9-7-6-8-10-15;/h6-10,16H,11-14H2,1-5H3,(H2,20,21,22);1H. The van der Waals surface area contributed by atoms with Crippen LogP contribution in [0, 0.1) is 5.41 Å². The fourth-order valence-corrected chi connectivity index (χ4v) is 2.92. The van der Waals surface area contributed by atoms with Gasteiger partial charge in [-0.1, -0.05) is 51.1 Å². The molecule has 2 rings (SSSR count). The maximum absolute atomic E-state index is 5.59. The summed E-state index contributed by atoms with van der Waals surface area (Å²) in [5.41, 5.74) is 1.80. The summed E-state index contributed by atoms with van der Waals surface area (Å²) in [6.45, 7) is 8.23. The van der Waals surface area contributed by atoms with E-state index in [9.17, 15) is 0 Å². The highest BCUT2D eigenvalue weighted by atomic mass is 127. The zero-order chi connectivity index (χ0) is 16.9. The van der Waals surface area contributed by atoms with Crippen molar-refractivity contribution in [3.8, 4) is 0 Å². The van der Waals surface area contributed by atoms with Gasteiger partial charge >= 0.3 is 0 Å². The minimum Gasteiger partial charge on any atom is -0.379 e. The lowest BCUT2D eigenvalue weighted by Gasteiger charge is -2.30. The Morgan fingerprint density at radius 1 is 1.21 bits per heavy atom. The molecule has 0 heterocycles. The van der Waals surface area contributed by atoms with E-state index in [0.717, 1.165) is 19.0 Å². The van der Waals surface area contributed by atoms with Crippen LogP contribution in [-0.2, 0) is 10.2 Å². The minimum absolute atomic E-state index is 0. The summed E-state index contributed by atoms with van der Waals surface area (Å²) in [6.07, 6.45) is 2.62. The maximum atomic E-state index is 5.59. The van der Waals surface area contributed by atoms with Crippen LogP contribution in [0.2, 0.25) is 0 Å². The smallest absolute Gasteiger partial charge is 0.191 e. The van der Waals surface area contributed by atoms with Gasteiger partial charge in [0.2, 0.25) is 0 Å². The Bertz CT molecular complexity index is 521. The van der Waals surface area contributed by atoms with Gasteiger partial charge in [0.1, 0.15) is 0 Å². The molecule has 1 aliphatic carbocycles. The molecule has 2 N–H and O–H groups in total. The number of benzene rings is 1. The van der Waals surface area contributed by atoms with Gasteiger partial charge in [-0.3, -0.25) is 4.99 Å². The summed E-state index contributed by atoms with van der Waals surface area (Å²) in [5.74, 6) is 0.846. The number of rotatable bonds is 6. The van der Waals surface area contributed by atoms with Crippen LogP contribution < -0.4 is 10.6 Å². The van der Waals surface area contributed by atoms with Crippen molar-refractivity contribution >= 4 is 29.9 Å². The van der Waals surface area contributed by atoms with E-state index in [-0.39, 0.29) is 40.9 Å². The normalized spacial score (nSPS) is 17.6. The fourth-order valence-electron chi connectivity index (χ4n) is 2.92. The van der Waals surface area contributed by atoms with Crippen LogP contribution in [0.5, 0.6) is 0 Å². The summed E-state index contributed by atoms with van der Waals surface area (Å²) < 4.78 is 5.59. The molecular formula is C19H32IN3O. The van der Waals surface area contributed by atoms with Crippen LogP contribution in [0.15, 0.2) is 35.3 Å². The molecule has 1 aliphatic rings. The quantitative estimate of drug-likeness (QED) is 0.400. The third-order valence-corrected chi connectivity index (χ3v) is 4.76. The first-order valence-electron chi connectivity index (χ1n) is 8.44. The Hall–Kier alpha value is -0.820. The average molecular weight is 445 g/mol. The Morgan fingerprint density at radius 3 is 2.29 bits per heavy atom. The number of halogens is 1. The number of nitrogens with one attached hydrogen (secondary N) is 2. The number of ether oxygens (including phenoxy) is 1. The van der Waals surface area contributed by atoms with Gasteiger partial charge in [-0.25, -0.2) is 0 Å². The van der Waals surface area contributed by atoms with Crippen molar-refractivity contribution in [2.45, 2.75) is 45.1 Å². The van der Waals surface area contributed by atoms with Crippen molar-refractivity contribution in [1.29, 1.82) is 0 Å². The van der Waals surface area contributed by atoms with E-state index in [0.29, 0.717) is 0 Å². The van der Waals surface area contributed by atoms with Gasteiger partial charge in [-0.2, -0.15) is 0 Å². The Kier molecular flexibility index (Phi) is 7.99. The second-order valence-electron chi connectivity index (χ2n) is 7.54. The van der Waals surface area contributed by atoms with E-state index >= 15 is 0 Å². The zero-order valence-corrected chi connectivity index (χ0v) is 17.9. The van der Waals surface area contributed by atoms with Gasteiger partial charge in [0.25, 0.3) is 0 Å². The maximum Gasteiger partial charge on any atom is 0.191 e. The number of aliphatic imine (C=N–C) groups is 1. The molecule has 0 bridgehead atoms. The van der Waals surface area contributed by atoms with E-state index in [1.165, 1.54) is 18.4 Å². The van der Waals surface area contributed by atoms with Crippen molar-refractivity contribution in [2.75, 3.05) is 27.2 Å². The van der Waals surface area contributed by atoms with Crippen LogP contribution in [0.3, 0.4) is 0 Å². The van der Waals surface area contributed by atoms with Gasteiger partial charge in [0.15, 0.2) is 5.96 Å². The van der Waals surface area contributed by atoms with Crippen molar-refractivity contribution in [3.05, 3.63) is 35.9 Å². The molecule has 0 spiro atoms. The molecule has 136 valence electrons. The van der Waals surface area contributed by atoms with Crippen molar-refractivity contribution in [3.63, 3.8) is 0 Å². The highest BCUT2D eigenvalue weighted by Gasteiger charge is 2.44. The van der Waals surface area contributed by atoms with Crippen LogP contribution in [-0.4, -0.2) is 39.3 Å². The van der Waals surface area contributed by atoms with E-state index in [2.05, 4.69) is 66.7 Å². The third-order valence-electron chi connectivity index (χ3n) is 4.76. The minimum atomic E-state index is 0. The SMILES string of the molecule is CN=C(NCC(OC)C(C)(C)C)NCC1(c2ccccc2)CC1.I. The molecule has 1 saturated carbocycles. The van der Waals surface area contributed by atoms with Crippen LogP contribution in [0.1, 0.15) is 39.2 Å². The molecule has 1 aromatic rings. The van der Waals surface area contributed by atoms with Crippen LogP contribution >= 0.6 is 24.0 Å². The van der Waals surface area contributed by atoms with E-state index in [1.54, 1.807) is 7.11 Å². The van der Waals surface area contributed by atoms with Crippen molar-refractivity contribution < 1.29 is 4.74 Å². The largest absolute Gasteiger partial charge is 0.379 e. The van der Waals surface area contributed by atoms with Crippen LogP contribution in [0.4, 0.5) is 0 Å². The summed E-state index contributed by atoms with van der Waals surface area (Å²) in [7, 11) is 3.58. The second kappa shape index (κ2) is 9.04. The van der Waals surface area contributed by atoms with Gasteiger partial charge < -0.3 is 15.4 Å². The lowest BCUT2D eigenvalue weighted by Crippen LogP contribution is -2.46. The van der Waals surface area contributed by atoms with Crippen molar-refractivity contribution in [1.82, 2.24) is 10.6 Å². The van der Waals surface area contributed by atoms with Gasteiger partial charge in [0, 0.05) is 32.7 Å². The predicted molar refractivity (Wildman–Crippen MR) is 112 cm³/mol. The molecule has 1 unspecified atom stereocenters. The Morgan fingerprint density at radius 2 is 1.83 bits per heavy atom. The molecule has 0 amide bonds. The van der Waals surface area contributed by atoms with Gasteiger partial charge in [0.05, 0.1) is 6.10 Å². The van der Waals surface area contributed by atoms with Gasteiger partial charge in [-0.05, 0) is 23.8 Å². The van der Waals surface area contributed by atoms with Crippen LogP contribution in [0.25, 0.3) is 0 Å². The molecule has 1 atom stereocenters. The zero-order valence-electron chi connectivity index (χ0n) is 15.6. The first-order valence-corrected chi connectivity index (χ1v) is 8.44. The Balaban J connectivity index is 0.00000288. The number of guanidine groups is 1. The number of hydrogen-bond donors (Lipinski definition) is 2. The lowest BCUT2D eigenvalue weighted by molar-refractivity contribution is 0.0205. The summed E-state index contributed by atoms with van der Waals surface area (Å²) in [4.78, 5) is 4.34. The van der Waals surface area contributed by atoms with Crippen molar-refractivity contribution in [2.24, 2.45) is 10.4 Å². The van der Waals surface area contributed by atoms with E-state index in [1.807, 2.05) is 7.05 Å². The molecule has 4 nitrogen and oxygen atoms in total.